The Hall–Kier alpha value is -4.46. The van der Waals surface area contributed by atoms with Crippen molar-refractivity contribution in [3.05, 3.63) is 98.6 Å². The third-order valence-electron chi connectivity index (χ3n) is 4.73. The van der Waals surface area contributed by atoms with Gasteiger partial charge in [0.25, 0.3) is 5.56 Å². The number of nitrogens with zero attached hydrogens (tertiary/aromatic N) is 3. The van der Waals surface area contributed by atoms with Gasteiger partial charge >= 0.3 is 5.69 Å². The van der Waals surface area contributed by atoms with Gasteiger partial charge in [-0.1, -0.05) is 36.4 Å². The number of rotatable bonds is 5. The van der Waals surface area contributed by atoms with E-state index >= 15 is 0 Å². The maximum absolute atomic E-state index is 13.2. The van der Waals surface area contributed by atoms with E-state index in [4.69, 9.17) is 4.74 Å². The van der Waals surface area contributed by atoms with Gasteiger partial charge in [-0.05, 0) is 42.0 Å². The maximum atomic E-state index is 13.2. The topological polar surface area (TPSA) is 107 Å². The fourth-order valence-electron chi connectivity index (χ4n) is 3.26. The number of benzene rings is 3. The zero-order valence-electron chi connectivity index (χ0n) is 16.4. The van der Waals surface area contributed by atoms with Gasteiger partial charge in [-0.3, -0.25) is 19.5 Å². The molecule has 31 heavy (non-hydrogen) atoms. The van der Waals surface area contributed by atoms with Crippen molar-refractivity contribution in [3.8, 4) is 17.2 Å². The van der Waals surface area contributed by atoms with Gasteiger partial charge < -0.3 is 9.84 Å². The van der Waals surface area contributed by atoms with Crippen LogP contribution in [-0.2, 0) is 0 Å². The highest BCUT2D eigenvalue weighted by Crippen LogP contribution is 2.37. The van der Waals surface area contributed by atoms with Crippen molar-refractivity contribution in [2.24, 2.45) is 0 Å². The van der Waals surface area contributed by atoms with Crippen LogP contribution >= 0.6 is 0 Å². The fourth-order valence-corrected chi connectivity index (χ4v) is 3.26. The van der Waals surface area contributed by atoms with Gasteiger partial charge in [-0.15, -0.1) is 0 Å². The first-order valence-electron chi connectivity index (χ1n) is 9.30. The Morgan fingerprint density at radius 2 is 1.77 bits per heavy atom. The summed E-state index contributed by atoms with van der Waals surface area (Å²) in [6, 6.07) is 18.8. The van der Waals surface area contributed by atoms with E-state index in [1.807, 2.05) is 18.2 Å². The van der Waals surface area contributed by atoms with Gasteiger partial charge in [-0.25, -0.2) is 4.98 Å². The van der Waals surface area contributed by atoms with Crippen molar-refractivity contribution in [2.75, 3.05) is 7.11 Å². The predicted octanol–water partition coefficient (Wildman–Crippen LogP) is 4.18. The number of phenolic OH excluding ortho intramolecular Hbond substituents is 1. The third-order valence-corrected chi connectivity index (χ3v) is 4.73. The van der Waals surface area contributed by atoms with Crippen LogP contribution in [0.4, 0.5) is 5.69 Å². The molecule has 4 aromatic rings. The molecular weight excluding hydrogens is 398 g/mol. The number of aromatic nitrogens is 2. The zero-order valence-corrected chi connectivity index (χ0v) is 16.4. The molecule has 4 rings (SSSR count). The van der Waals surface area contributed by atoms with Crippen LogP contribution in [0.5, 0.6) is 11.5 Å². The number of para-hydroxylation sites is 2. The van der Waals surface area contributed by atoms with Crippen LogP contribution in [0.1, 0.15) is 11.4 Å². The lowest BCUT2D eigenvalue weighted by Crippen LogP contribution is -2.22. The normalized spacial score (nSPS) is 11.1. The number of hydrogen-bond acceptors (Lipinski definition) is 6. The van der Waals surface area contributed by atoms with E-state index in [1.165, 1.54) is 23.8 Å². The summed E-state index contributed by atoms with van der Waals surface area (Å²) < 4.78 is 6.52. The molecule has 1 heterocycles. The number of nitro groups is 1. The number of nitro benzene ring substituents is 1. The molecule has 0 spiro atoms. The summed E-state index contributed by atoms with van der Waals surface area (Å²) in [6.45, 7) is 0. The van der Waals surface area contributed by atoms with E-state index in [1.54, 1.807) is 48.6 Å². The molecule has 0 fully saturated rings. The molecule has 8 nitrogen and oxygen atoms in total. The molecule has 0 amide bonds. The molecule has 0 saturated heterocycles. The number of fused-ring (bicyclic) bond motifs is 1. The van der Waals surface area contributed by atoms with Crippen LogP contribution in [0.3, 0.4) is 0 Å². The molecule has 3 aromatic carbocycles. The molecule has 1 aromatic heterocycles. The first kappa shape index (κ1) is 19.8. The Labute approximate surface area is 176 Å². The van der Waals surface area contributed by atoms with Crippen molar-refractivity contribution < 1.29 is 14.8 Å². The molecule has 1 N–H and O–H groups in total. The summed E-state index contributed by atoms with van der Waals surface area (Å²) in [6.07, 6.45) is 3.17. The van der Waals surface area contributed by atoms with Gasteiger partial charge in [0, 0.05) is 6.07 Å². The molecule has 0 radical (unpaired) electrons. The first-order valence-corrected chi connectivity index (χ1v) is 9.30. The maximum Gasteiger partial charge on any atom is 0.315 e. The van der Waals surface area contributed by atoms with E-state index in [2.05, 4.69) is 4.98 Å². The lowest BCUT2D eigenvalue weighted by Gasteiger charge is -2.11. The van der Waals surface area contributed by atoms with E-state index < -0.39 is 16.4 Å². The summed E-state index contributed by atoms with van der Waals surface area (Å²) in [7, 11) is 1.31. The highest BCUT2D eigenvalue weighted by atomic mass is 16.6. The Morgan fingerprint density at radius 3 is 2.48 bits per heavy atom. The van der Waals surface area contributed by atoms with Gasteiger partial charge in [0.05, 0.1) is 28.6 Å². The fraction of sp³-hybridized carbons (Fsp3) is 0.0435. The molecule has 0 unspecified atom stereocenters. The lowest BCUT2D eigenvalue weighted by atomic mass is 10.1. The first-order chi connectivity index (χ1) is 15.0. The Morgan fingerprint density at radius 1 is 1.06 bits per heavy atom. The Bertz CT molecular complexity index is 1380. The average molecular weight is 415 g/mol. The summed E-state index contributed by atoms with van der Waals surface area (Å²) in [5.74, 6) is -0.222. The standard InChI is InChI=1S/C23H17N3O5/c1-31-20-14-15(13-19(22(20)27)26(29)30)11-12-21-24-18-10-6-5-9-17(18)23(28)25(21)16-7-3-2-4-8-16/h2-14,27H,1H3/b12-11+. The van der Waals surface area contributed by atoms with Crippen LogP contribution in [0.2, 0.25) is 0 Å². The van der Waals surface area contributed by atoms with Crippen LogP contribution in [-0.4, -0.2) is 26.7 Å². The minimum absolute atomic E-state index is 0.0271. The number of phenols is 1. The van der Waals surface area contributed by atoms with Crippen LogP contribution in [0, 0.1) is 10.1 Å². The van der Waals surface area contributed by atoms with Gasteiger partial charge in [-0.2, -0.15) is 0 Å². The summed E-state index contributed by atoms with van der Waals surface area (Å²) >= 11 is 0. The second-order valence-corrected chi connectivity index (χ2v) is 6.64. The van der Waals surface area contributed by atoms with Gasteiger partial charge in [0.2, 0.25) is 5.75 Å². The predicted molar refractivity (Wildman–Crippen MR) is 118 cm³/mol. The third kappa shape index (κ3) is 3.74. The highest BCUT2D eigenvalue weighted by Gasteiger charge is 2.19. The van der Waals surface area contributed by atoms with E-state index in [0.717, 1.165) is 0 Å². The number of methoxy groups -OCH3 is 1. The summed E-state index contributed by atoms with van der Waals surface area (Å²) in [5.41, 5.74) is 0.869. The number of hydrogen-bond donors (Lipinski definition) is 1. The smallest absolute Gasteiger partial charge is 0.315 e. The molecule has 0 aliphatic heterocycles. The van der Waals surface area contributed by atoms with Crippen molar-refractivity contribution in [1.29, 1.82) is 0 Å². The van der Waals surface area contributed by atoms with Crippen molar-refractivity contribution >= 4 is 28.7 Å². The molecule has 154 valence electrons. The van der Waals surface area contributed by atoms with Crippen LogP contribution in [0.15, 0.2) is 71.5 Å². The van der Waals surface area contributed by atoms with E-state index in [0.29, 0.717) is 28.0 Å². The zero-order chi connectivity index (χ0) is 22.0. The van der Waals surface area contributed by atoms with Gasteiger partial charge in [0.1, 0.15) is 5.82 Å². The minimum atomic E-state index is -0.691. The van der Waals surface area contributed by atoms with Gasteiger partial charge in [0.15, 0.2) is 5.75 Å². The van der Waals surface area contributed by atoms with Crippen molar-refractivity contribution in [2.45, 2.75) is 0 Å². The van der Waals surface area contributed by atoms with E-state index in [-0.39, 0.29) is 11.3 Å². The number of ether oxygens (including phenoxy) is 1. The molecule has 0 aliphatic carbocycles. The Balaban J connectivity index is 1.91. The molecule has 0 atom stereocenters. The summed E-state index contributed by atoms with van der Waals surface area (Å²) in [4.78, 5) is 28.4. The molecule has 8 heteroatoms. The highest BCUT2D eigenvalue weighted by molar-refractivity contribution is 5.80. The molecule has 0 saturated carbocycles. The molecular formula is C23H17N3O5. The Kier molecular flexibility index (Phi) is 5.19. The van der Waals surface area contributed by atoms with E-state index in [9.17, 15) is 20.0 Å². The second-order valence-electron chi connectivity index (χ2n) is 6.64. The van der Waals surface area contributed by atoms with Crippen LogP contribution < -0.4 is 10.3 Å². The van der Waals surface area contributed by atoms with Crippen molar-refractivity contribution in [1.82, 2.24) is 9.55 Å². The average Bonchev–Trinajstić information content (AvgIpc) is 2.78. The second kappa shape index (κ2) is 8.11. The molecule has 0 bridgehead atoms. The largest absolute Gasteiger partial charge is 0.500 e. The quantitative estimate of drug-likeness (QED) is 0.387. The summed E-state index contributed by atoms with van der Waals surface area (Å²) in [5, 5.41) is 21.7. The monoisotopic (exact) mass is 415 g/mol. The lowest BCUT2D eigenvalue weighted by molar-refractivity contribution is -0.386. The molecule has 0 aliphatic rings. The number of aromatic hydroxyl groups is 1. The minimum Gasteiger partial charge on any atom is -0.500 e. The van der Waals surface area contributed by atoms with Crippen molar-refractivity contribution in [3.63, 3.8) is 0 Å². The van der Waals surface area contributed by atoms with Crippen LogP contribution in [0.25, 0.3) is 28.7 Å². The SMILES string of the molecule is COc1cc(/C=C/c2nc3ccccc3c(=O)n2-c2ccccc2)cc([N+](=O)[O-])c1O.